The zero-order valence-corrected chi connectivity index (χ0v) is 9.63. The van der Waals surface area contributed by atoms with Crippen molar-refractivity contribution in [3.8, 4) is 0 Å². The lowest BCUT2D eigenvalue weighted by molar-refractivity contribution is 0.621. The van der Waals surface area contributed by atoms with Gasteiger partial charge in [-0.15, -0.1) is 0 Å². The first-order chi connectivity index (χ1) is 8.43. The maximum absolute atomic E-state index is 4.08. The summed E-state index contributed by atoms with van der Waals surface area (Å²) in [6.45, 7) is 1.05. The SMILES string of the molecule is c1ccc2c(c1)NCCC2Cc1cncnc1. The van der Waals surface area contributed by atoms with Gasteiger partial charge in [-0.05, 0) is 36.0 Å². The molecule has 0 saturated heterocycles. The van der Waals surface area contributed by atoms with Crippen LogP contribution in [-0.4, -0.2) is 16.5 Å². The molecule has 3 nitrogen and oxygen atoms in total. The van der Waals surface area contributed by atoms with Crippen molar-refractivity contribution in [2.24, 2.45) is 0 Å². The van der Waals surface area contributed by atoms with Crippen LogP contribution in [0.3, 0.4) is 0 Å². The molecule has 0 spiro atoms. The summed E-state index contributed by atoms with van der Waals surface area (Å²) in [5, 5.41) is 3.45. The number of nitrogens with zero attached hydrogens (tertiary/aromatic N) is 2. The molecule has 2 aromatic rings. The van der Waals surface area contributed by atoms with Crippen LogP contribution < -0.4 is 5.32 Å². The van der Waals surface area contributed by atoms with E-state index in [1.807, 2.05) is 12.4 Å². The molecular weight excluding hydrogens is 210 g/mol. The number of fused-ring (bicyclic) bond motifs is 1. The molecule has 1 aromatic carbocycles. The molecule has 1 aliphatic heterocycles. The lowest BCUT2D eigenvalue weighted by Crippen LogP contribution is -2.18. The molecule has 1 unspecified atom stereocenters. The van der Waals surface area contributed by atoms with Crippen molar-refractivity contribution < 1.29 is 0 Å². The quantitative estimate of drug-likeness (QED) is 0.853. The Hall–Kier alpha value is -1.90. The minimum Gasteiger partial charge on any atom is -0.385 e. The fourth-order valence-corrected chi connectivity index (χ4v) is 2.48. The largest absolute Gasteiger partial charge is 0.385 e. The van der Waals surface area contributed by atoms with Crippen LogP contribution in [0.15, 0.2) is 43.0 Å². The van der Waals surface area contributed by atoms with Crippen molar-refractivity contribution >= 4 is 5.69 Å². The van der Waals surface area contributed by atoms with Crippen molar-refractivity contribution in [1.82, 2.24) is 9.97 Å². The Bertz CT molecular complexity index is 496. The van der Waals surface area contributed by atoms with Crippen LogP contribution in [0, 0.1) is 0 Å². The molecule has 0 amide bonds. The summed E-state index contributed by atoms with van der Waals surface area (Å²) in [7, 11) is 0. The number of anilines is 1. The normalized spacial score (nSPS) is 18.2. The molecule has 0 radical (unpaired) electrons. The summed E-state index contributed by atoms with van der Waals surface area (Å²) in [4.78, 5) is 8.16. The smallest absolute Gasteiger partial charge is 0.115 e. The van der Waals surface area contributed by atoms with E-state index in [0.717, 1.165) is 13.0 Å². The number of benzene rings is 1. The van der Waals surface area contributed by atoms with Gasteiger partial charge in [0.15, 0.2) is 0 Å². The first-order valence-electron chi connectivity index (χ1n) is 6.00. The molecule has 1 atom stereocenters. The zero-order valence-electron chi connectivity index (χ0n) is 9.63. The van der Waals surface area contributed by atoms with Crippen molar-refractivity contribution in [1.29, 1.82) is 0 Å². The Morgan fingerprint density at radius 2 is 2.00 bits per heavy atom. The summed E-state index contributed by atoms with van der Waals surface area (Å²) in [6, 6.07) is 8.57. The maximum atomic E-state index is 4.08. The predicted molar refractivity (Wildman–Crippen MR) is 68.0 cm³/mol. The summed E-state index contributed by atoms with van der Waals surface area (Å²) in [5.41, 5.74) is 3.91. The van der Waals surface area contributed by atoms with Crippen LogP contribution in [0.1, 0.15) is 23.5 Å². The van der Waals surface area contributed by atoms with Crippen molar-refractivity contribution in [2.75, 3.05) is 11.9 Å². The molecule has 0 saturated carbocycles. The van der Waals surface area contributed by atoms with Gasteiger partial charge in [-0.2, -0.15) is 0 Å². The number of nitrogens with one attached hydrogen (secondary N) is 1. The maximum Gasteiger partial charge on any atom is 0.115 e. The lowest BCUT2D eigenvalue weighted by atomic mass is 9.87. The molecular formula is C14H15N3. The Labute approximate surface area is 101 Å². The van der Waals surface area contributed by atoms with Gasteiger partial charge in [0.25, 0.3) is 0 Å². The highest BCUT2D eigenvalue weighted by Crippen LogP contribution is 2.33. The Morgan fingerprint density at radius 1 is 1.18 bits per heavy atom. The number of aromatic nitrogens is 2. The average molecular weight is 225 g/mol. The molecule has 1 N–H and O–H groups in total. The third-order valence-corrected chi connectivity index (χ3v) is 3.31. The standard InChI is InChI=1S/C14H15N3/c1-2-4-14-13(3-1)12(5-6-17-14)7-11-8-15-10-16-9-11/h1-4,8-10,12,17H,5-7H2. The van der Waals surface area contributed by atoms with E-state index in [2.05, 4.69) is 39.6 Å². The van der Waals surface area contributed by atoms with Gasteiger partial charge in [0.05, 0.1) is 0 Å². The molecule has 3 rings (SSSR count). The van der Waals surface area contributed by atoms with Crippen LogP contribution in [-0.2, 0) is 6.42 Å². The molecule has 0 fully saturated rings. The number of para-hydroxylation sites is 1. The number of hydrogen-bond donors (Lipinski definition) is 1. The van der Waals surface area contributed by atoms with E-state index < -0.39 is 0 Å². The van der Waals surface area contributed by atoms with E-state index in [-0.39, 0.29) is 0 Å². The third-order valence-electron chi connectivity index (χ3n) is 3.31. The van der Waals surface area contributed by atoms with E-state index in [0.29, 0.717) is 5.92 Å². The minimum atomic E-state index is 0.582. The monoisotopic (exact) mass is 225 g/mol. The second-order valence-electron chi connectivity index (χ2n) is 4.45. The molecule has 0 bridgehead atoms. The minimum absolute atomic E-state index is 0.582. The molecule has 0 aliphatic carbocycles. The summed E-state index contributed by atoms with van der Waals surface area (Å²) >= 11 is 0. The third kappa shape index (κ3) is 2.13. The Kier molecular flexibility index (Phi) is 2.74. The van der Waals surface area contributed by atoms with Crippen LogP contribution in [0.25, 0.3) is 0 Å². The van der Waals surface area contributed by atoms with Crippen LogP contribution in [0.2, 0.25) is 0 Å². The van der Waals surface area contributed by atoms with E-state index in [1.165, 1.54) is 23.2 Å². The van der Waals surface area contributed by atoms with E-state index in [4.69, 9.17) is 0 Å². The van der Waals surface area contributed by atoms with Gasteiger partial charge in [0.2, 0.25) is 0 Å². The molecule has 2 heterocycles. The van der Waals surface area contributed by atoms with Gasteiger partial charge in [-0.1, -0.05) is 18.2 Å². The van der Waals surface area contributed by atoms with Gasteiger partial charge in [0, 0.05) is 24.6 Å². The van der Waals surface area contributed by atoms with Crippen LogP contribution in [0.5, 0.6) is 0 Å². The first kappa shape index (κ1) is 10.3. The molecule has 1 aliphatic rings. The Balaban J connectivity index is 1.86. The highest BCUT2D eigenvalue weighted by Gasteiger charge is 2.19. The summed E-state index contributed by atoms with van der Waals surface area (Å²) in [5.74, 6) is 0.582. The van der Waals surface area contributed by atoms with Gasteiger partial charge < -0.3 is 5.32 Å². The second kappa shape index (κ2) is 4.53. The van der Waals surface area contributed by atoms with E-state index in [9.17, 15) is 0 Å². The van der Waals surface area contributed by atoms with Crippen molar-refractivity contribution in [2.45, 2.75) is 18.8 Å². The van der Waals surface area contributed by atoms with E-state index in [1.54, 1.807) is 6.33 Å². The highest BCUT2D eigenvalue weighted by molar-refractivity contribution is 5.54. The average Bonchev–Trinajstić information content (AvgIpc) is 2.40. The first-order valence-corrected chi connectivity index (χ1v) is 6.00. The topological polar surface area (TPSA) is 37.8 Å². The molecule has 17 heavy (non-hydrogen) atoms. The second-order valence-corrected chi connectivity index (χ2v) is 4.45. The summed E-state index contributed by atoms with van der Waals surface area (Å²) < 4.78 is 0. The fraction of sp³-hybridized carbons (Fsp3) is 0.286. The predicted octanol–water partition coefficient (Wildman–Crippen LogP) is 2.62. The summed E-state index contributed by atoms with van der Waals surface area (Å²) in [6.07, 6.45) is 7.61. The lowest BCUT2D eigenvalue weighted by Gasteiger charge is -2.26. The molecule has 3 heteroatoms. The molecule has 86 valence electrons. The van der Waals surface area contributed by atoms with E-state index >= 15 is 0 Å². The van der Waals surface area contributed by atoms with Gasteiger partial charge >= 0.3 is 0 Å². The number of hydrogen-bond acceptors (Lipinski definition) is 3. The zero-order chi connectivity index (χ0) is 11.5. The van der Waals surface area contributed by atoms with Crippen molar-refractivity contribution in [3.05, 3.63) is 54.1 Å². The van der Waals surface area contributed by atoms with Gasteiger partial charge in [0.1, 0.15) is 6.33 Å². The molecule has 1 aromatic heterocycles. The Morgan fingerprint density at radius 3 is 2.88 bits per heavy atom. The number of rotatable bonds is 2. The van der Waals surface area contributed by atoms with Gasteiger partial charge in [-0.25, -0.2) is 9.97 Å². The van der Waals surface area contributed by atoms with Crippen LogP contribution >= 0.6 is 0 Å². The van der Waals surface area contributed by atoms with Gasteiger partial charge in [-0.3, -0.25) is 0 Å². The van der Waals surface area contributed by atoms with Crippen LogP contribution in [0.4, 0.5) is 5.69 Å². The fourth-order valence-electron chi connectivity index (χ4n) is 2.48. The highest BCUT2D eigenvalue weighted by atomic mass is 14.9. The van der Waals surface area contributed by atoms with Crippen molar-refractivity contribution in [3.63, 3.8) is 0 Å².